The van der Waals surface area contributed by atoms with Crippen molar-refractivity contribution in [3.8, 4) is 0 Å². The molecule has 0 radical (unpaired) electrons. The Kier molecular flexibility index (Phi) is 6.12. The fraction of sp³-hybridized carbons (Fsp3) is 0.400. The number of nitrogens with zero attached hydrogens (tertiary/aromatic N) is 2. The van der Waals surface area contributed by atoms with E-state index in [1.165, 1.54) is 0 Å². The van der Waals surface area contributed by atoms with Gasteiger partial charge in [-0.05, 0) is 24.1 Å². The summed E-state index contributed by atoms with van der Waals surface area (Å²) in [6.45, 7) is 3.24. The summed E-state index contributed by atoms with van der Waals surface area (Å²) in [4.78, 5) is 15.5. The first-order valence-corrected chi connectivity index (χ1v) is 8.10. The van der Waals surface area contributed by atoms with E-state index in [0.717, 1.165) is 12.1 Å². The predicted molar refractivity (Wildman–Crippen MR) is 88.7 cm³/mol. The Bertz CT molecular complexity index is 848. The smallest absolute Gasteiger partial charge is 0.372 e. The number of aromatic amines is 1. The van der Waals surface area contributed by atoms with Crippen molar-refractivity contribution in [2.75, 3.05) is 10.6 Å². The summed E-state index contributed by atoms with van der Waals surface area (Å²) in [5.41, 5.74) is -0.913. The molecular weight excluding hydrogens is 416 g/mol. The molecular formula is C15H14ClF6N5O. The number of alkyl halides is 6. The summed E-state index contributed by atoms with van der Waals surface area (Å²) in [6, 6.07) is 1.50. The Hall–Kier alpha value is -2.50. The van der Waals surface area contributed by atoms with E-state index in [-0.39, 0.29) is 10.7 Å². The maximum Gasteiger partial charge on any atom is 0.451 e. The highest BCUT2D eigenvalue weighted by molar-refractivity contribution is 6.33. The second-order valence-electron chi connectivity index (χ2n) is 6.05. The van der Waals surface area contributed by atoms with Crippen molar-refractivity contribution in [3.63, 3.8) is 0 Å². The first-order valence-electron chi connectivity index (χ1n) is 7.72. The molecule has 6 nitrogen and oxygen atoms in total. The molecule has 13 heteroatoms. The number of carbonyl (C=O) groups excluding carboxylic acids is 1. The lowest BCUT2D eigenvalue weighted by molar-refractivity contribution is -0.144. The van der Waals surface area contributed by atoms with Crippen LogP contribution in [0, 0.1) is 5.92 Å². The number of carbonyl (C=O) groups is 1. The van der Waals surface area contributed by atoms with Crippen molar-refractivity contribution < 1.29 is 31.1 Å². The number of amides is 1. The topological polar surface area (TPSA) is 82.7 Å². The Morgan fingerprint density at radius 1 is 1.14 bits per heavy atom. The van der Waals surface area contributed by atoms with Crippen LogP contribution in [0.15, 0.2) is 18.2 Å². The van der Waals surface area contributed by atoms with Crippen LogP contribution in [-0.4, -0.2) is 27.1 Å². The van der Waals surface area contributed by atoms with Crippen LogP contribution in [-0.2, 0) is 17.1 Å². The summed E-state index contributed by atoms with van der Waals surface area (Å²) in [5, 5.41) is 9.43. The Morgan fingerprint density at radius 3 is 2.25 bits per heavy atom. The van der Waals surface area contributed by atoms with Crippen molar-refractivity contribution in [2.45, 2.75) is 32.2 Å². The molecule has 3 N–H and O–H groups in total. The van der Waals surface area contributed by atoms with Gasteiger partial charge in [0, 0.05) is 0 Å². The molecule has 154 valence electrons. The first kappa shape index (κ1) is 21.8. The number of H-pyrrole nitrogens is 1. The number of rotatable bonds is 5. The molecule has 0 saturated heterocycles. The minimum absolute atomic E-state index is 0.0504. The molecule has 2 aromatic rings. The van der Waals surface area contributed by atoms with Gasteiger partial charge in [0.15, 0.2) is 0 Å². The SMILES string of the molecule is CC(C)[C@@H](Nc1ccc(C(F)(F)F)cc1Cl)C(=O)Nc1n[nH]c(C(F)(F)F)n1. The number of benzene rings is 1. The van der Waals surface area contributed by atoms with Gasteiger partial charge in [0.05, 0.1) is 16.3 Å². The van der Waals surface area contributed by atoms with E-state index in [0.29, 0.717) is 6.07 Å². The number of nitrogens with one attached hydrogen (secondary N) is 3. The highest BCUT2D eigenvalue weighted by atomic mass is 35.5. The maximum atomic E-state index is 12.7. The van der Waals surface area contributed by atoms with Crippen LogP contribution in [0.4, 0.5) is 38.0 Å². The molecule has 0 unspecified atom stereocenters. The van der Waals surface area contributed by atoms with E-state index in [1.807, 2.05) is 0 Å². The summed E-state index contributed by atoms with van der Waals surface area (Å²) >= 11 is 5.85. The van der Waals surface area contributed by atoms with Gasteiger partial charge in [0.1, 0.15) is 6.04 Å². The summed E-state index contributed by atoms with van der Waals surface area (Å²) in [6.07, 6.45) is -9.35. The zero-order valence-corrected chi connectivity index (χ0v) is 15.1. The third-order valence-corrected chi connectivity index (χ3v) is 3.86. The highest BCUT2D eigenvalue weighted by Gasteiger charge is 2.36. The van der Waals surface area contributed by atoms with Crippen molar-refractivity contribution in [2.24, 2.45) is 5.92 Å². The number of aromatic nitrogens is 3. The predicted octanol–water partition coefficient (Wildman–Crippen LogP) is 4.57. The minimum Gasteiger partial charge on any atom is -0.372 e. The van der Waals surface area contributed by atoms with E-state index in [9.17, 15) is 31.1 Å². The minimum atomic E-state index is -4.76. The molecule has 0 bridgehead atoms. The molecule has 2 rings (SSSR count). The molecule has 1 aromatic heterocycles. The molecule has 0 aliphatic rings. The third-order valence-electron chi connectivity index (χ3n) is 3.55. The van der Waals surface area contributed by atoms with Crippen LogP contribution in [0.5, 0.6) is 0 Å². The Labute approximate surface area is 159 Å². The van der Waals surface area contributed by atoms with E-state index in [1.54, 1.807) is 18.9 Å². The van der Waals surface area contributed by atoms with E-state index in [4.69, 9.17) is 11.6 Å². The van der Waals surface area contributed by atoms with Crippen LogP contribution < -0.4 is 10.6 Å². The fourth-order valence-electron chi connectivity index (χ4n) is 2.14. The second kappa shape index (κ2) is 7.86. The summed E-state index contributed by atoms with van der Waals surface area (Å²) < 4.78 is 75.7. The largest absolute Gasteiger partial charge is 0.451 e. The molecule has 0 aliphatic heterocycles. The lowest BCUT2D eigenvalue weighted by Crippen LogP contribution is -2.39. The van der Waals surface area contributed by atoms with Gasteiger partial charge < -0.3 is 5.32 Å². The molecule has 1 heterocycles. The summed E-state index contributed by atoms with van der Waals surface area (Å²) in [7, 11) is 0. The normalized spacial score (nSPS) is 13.5. The average molecular weight is 430 g/mol. The molecule has 0 saturated carbocycles. The fourth-order valence-corrected chi connectivity index (χ4v) is 2.38. The molecule has 1 atom stereocenters. The van der Waals surface area contributed by atoms with E-state index < -0.39 is 47.6 Å². The van der Waals surface area contributed by atoms with Crippen LogP contribution in [0.25, 0.3) is 0 Å². The van der Waals surface area contributed by atoms with E-state index in [2.05, 4.69) is 20.7 Å². The molecule has 1 amide bonds. The van der Waals surface area contributed by atoms with Crippen LogP contribution in [0.3, 0.4) is 0 Å². The highest BCUT2D eigenvalue weighted by Crippen LogP contribution is 2.34. The van der Waals surface area contributed by atoms with Crippen molar-refractivity contribution >= 4 is 29.1 Å². The van der Waals surface area contributed by atoms with Gasteiger partial charge in [0.25, 0.3) is 0 Å². The Morgan fingerprint density at radius 2 is 1.79 bits per heavy atom. The molecule has 0 fully saturated rings. The zero-order valence-electron chi connectivity index (χ0n) is 14.3. The second-order valence-corrected chi connectivity index (χ2v) is 6.46. The lowest BCUT2D eigenvalue weighted by Gasteiger charge is -2.23. The molecule has 28 heavy (non-hydrogen) atoms. The van der Waals surface area contributed by atoms with Gasteiger partial charge >= 0.3 is 12.4 Å². The molecule has 0 aliphatic carbocycles. The average Bonchev–Trinajstić information content (AvgIpc) is 3.00. The third kappa shape index (κ3) is 5.27. The number of halogens is 7. The van der Waals surface area contributed by atoms with Gasteiger partial charge in [-0.2, -0.15) is 31.3 Å². The first-order chi connectivity index (χ1) is 12.8. The number of hydrogen-bond acceptors (Lipinski definition) is 4. The van der Waals surface area contributed by atoms with Crippen molar-refractivity contribution in [1.82, 2.24) is 15.2 Å². The van der Waals surface area contributed by atoms with Crippen LogP contribution in [0.2, 0.25) is 5.02 Å². The van der Waals surface area contributed by atoms with Gasteiger partial charge in [-0.25, -0.2) is 0 Å². The molecule has 1 aromatic carbocycles. The number of hydrogen-bond donors (Lipinski definition) is 3. The zero-order chi connectivity index (χ0) is 21.3. The summed E-state index contributed by atoms with van der Waals surface area (Å²) in [5.74, 6) is -3.18. The quantitative estimate of drug-likeness (QED) is 0.608. The molecule has 0 spiro atoms. The maximum absolute atomic E-state index is 12.7. The van der Waals surface area contributed by atoms with Crippen molar-refractivity contribution in [1.29, 1.82) is 0 Å². The van der Waals surface area contributed by atoms with Gasteiger partial charge in [-0.15, -0.1) is 5.10 Å². The monoisotopic (exact) mass is 429 g/mol. The van der Waals surface area contributed by atoms with E-state index >= 15 is 0 Å². The van der Waals surface area contributed by atoms with Gasteiger partial charge in [-0.3, -0.25) is 15.2 Å². The van der Waals surface area contributed by atoms with Crippen LogP contribution >= 0.6 is 11.6 Å². The Balaban J connectivity index is 2.17. The standard InChI is InChI=1S/C15H14ClF6N5O/c1-6(2)10(11(28)24-13-25-12(26-27-13)15(20,21)22)23-9-4-3-7(5-8(9)16)14(17,18)19/h3-6,10,23H,1-2H3,(H2,24,25,26,27,28)/t10-/m1/s1. The van der Waals surface area contributed by atoms with Crippen LogP contribution in [0.1, 0.15) is 25.2 Å². The lowest BCUT2D eigenvalue weighted by atomic mass is 10.0. The van der Waals surface area contributed by atoms with Gasteiger partial charge in [-0.1, -0.05) is 25.4 Å². The van der Waals surface area contributed by atoms with Gasteiger partial charge in [0.2, 0.25) is 17.7 Å². The number of anilines is 2. The van der Waals surface area contributed by atoms with Crippen molar-refractivity contribution in [3.05, 3.63) is 34.6 Å².